The van der Waals surface area contributed by atoms with Crippen LogP contribution in [0, 0.1) is 0 Å². The van der Waals surface area contributed by atoms with Gasteiger partial charge < -0.3 is 4.74 Å². The molecule has 144 valence electrons. The zero-order valence-electron chi connectivity index (χ0n) is 15.2. The maximum atomic E-state index is 12.8. The van der Waals surface area contributed by atoms with Gasteiger partial charge in [0.05, 0.1) is 15.6 Å². The van der Waals surface area contributed by atoms with Crippen molar-refractivity contribution < 1.29 is 22.7 Å². The van der Waals surface area contributed by atoms with Crippen molar-refractivity contribution in [3.8, 4) is 0 Å². The SMILES string of the molecule is CC(C)(C)OC(=O)CC(=O)c1ccccc1S(=O)(=O)Nc1ccccc1Cl. The van der Waals surface area contributed by atoms with Crippen LogP contribution in [0.25, 0.3) is 0 Å². The number of hydrogen-bond donors (Lipinski definition) is 1. The molecule has 0 saturated heterocycles. The van der Waals surface area contributed by atoms with Crippen molar-refractivity contribution in [1.82, 2.24) is 0 Å². The average Bonchev–Trinajstić information content (AvgIpc) is 2.55. The zero-order valence-corrected chi connectivity index (χ0v) is 16.7. The number of carbonyl (C=O) groups excluding carboxylic acids is 2. The molecule has 1 N–H and O–H groups in total. The maximum absolute atomic E-state index is 12.8. The molecule has 0 aliphatic rings. The van der Waals surface area contributed by atoms with Crippen LogP contribution >= 0.6 is 11.6 Å². The first kappa shape index (κ1) is 20.9. The predicted octanol–water partition coefficient (Wildman–Crippen LogP) is 4.06. The van der Waals surface area contributed by atoms with Crippen LogP contribution in [-0.2, 0) is 19.6 Å². The molecular weight excluding hydrogens is 390 g/mol. The normalized spacial score (nSPS) is 11.7. The largest absolute Gasteiger partial charge is 0.460 e. The molecule has 0 atom stereocenters. The monoisotopic (exact) mass is 409 g/mol. The standard InChI is InChI=1S/C19H20ClNO5S/c1-19(2,3)26-18(23)12-16(22)13-8-4-7-11-17(13)27(24,25)21-15-10-6-5-9-14(15)20/h4-11,21H,12H2,1-3H3. The molecule has 2 aromatic carbocycles. The quantitative estimate of drug-likeness (QED) is 0.441. The summed E-state index contributed by atoms with van der Waals surface area (Å²) in [4.78, 5) is 24.2. The highest BCUT2D eigenvalue weighted by Gasteiger charge is 2.26. The van der Waals surface area contributed by atoms with E-state index >= 15 is 0 Å². The Morgan fingerprint density at radius 1 is 1.04 bits per heavy atom. The van der Waals surface area contributed by atoms with Gasteiger partial charge in [0.2, 0.25) is 0 Å². The minimum atomic E-state index is -4.09. The summed E-state index contributed by atoms with van der Waals surface area (Å²) in [5.41, 5.74) is -0.648. The molecule has 0 aliphatic heterocycles. The predicted molar refractivity (Wildman–Crippen MR) is 103 cm³/mol. The molecule has 0 bridgehead atoms. The van der Waals surface area contributed by atoms with Crippen LogP contribution in [0.5, 0.6) is 0 Å². The number of halogens is 1. The molecule has 2 aromatic rings. The Balaban J connectivity index is 2.30. The summed E-state index contributed by atoms with van der Waals surface area (Å²) in [7, 11) is -4.09. The van der Waals surface area contributed by atoms with Crippen LogP contribution in [0.2, 0.25) is 5.02 Å². The van der Waals surface area contributed by atoms with Crippen molar-refractivity contribution in [2.24, 2.45) is 0 Å². The molecule has 0 amide bonds. The molecule has 2 rings (SSSR count). The molecule has 6 nitrogen and oxygen atoms in total. The van der Waals surface area contributed by atoms with Gasteiger partial charge in [0.15, 0.2) is 5.78 Å². The Morgan fingerprint density at radius 3 is 2.26 bits per heavy atom. The minimum Gasteiger partial charge on any atom is -0.460 e. The molecule has 0 spiro atoms. The van der Waals surface area contributed by atoms with Gasteiger partial charge in [0.25, 0.3) is 10.0 Å². The number of sulfonamides is 1. The van der Waals surface area contributed by atoms with Crippen LogP contribution in [-0.4, -0.2) is 25.8 Å². The lowest BCUT2D eigenvalue weighted by molar-refractivity contribution is -0.153. The van der Waals surface area contributed by atoms with E-state index in [2.05, 4.69) is 4.72 Å². The van der Waals surface area contributed by atoms with Crippen LogP contribution in [0.1, 0.15) is 37.6 Å². The molecule has 0 fully saturated rings. The summed E-state index contributed by atoms with van der Waals surface area (Å²) in [6, 6.07) is 12.0. The van der Waals surface area contributed by atoms with Gasteiger partial charge in [0.1, 0.15) is 12.0 Å². The number of rotatable bonds is 6. The van der Waals surface area contributed by atoms with Crippen molar-refractivity contribution in [3.05, 3.63) is 59.1 Å². The van der Waals surface area contributed by atoms with Crippen LogP contribution < -0.4 is 4.72 Å². The molecule has 0 aliphatic carbocycles. The van der Waals surface area contributed by atoms with E-state index in [1.165, 1.54) is 30.3 Å². The average molecular weight is 410 g/mol. The van der Waals surface area contributed by atoms with Crippen molar-refractivity contribution in [2.75, 3.05) is 4.72 Å². The lowest BCUT2D eigenvalue weighted by Crippen LogP contribution is -2.26. The van der Waals surface area contributed by atoms with E-state index in [9.17, 15) is 18.0 Å². The van der Waals surface area contributed by atoms with Crippen molar-refractivity contribution in [3.63, 3.8) is 0 Å². The minimum absolute atomic E-state index is 0.0945. The maximum Gasteiger partial charge on any atom is 0.314 e. The number of carbonyl (C=O) groups is 2. The zero-order chi connectivity index (χ0) is 20.2. The summed E-state index contributed by atoms with van der Waals surface area (Å²) < 4.78 is 33.0. The van der Waals surface area contributed by atoms with E-state index in [4.69, 9.17) is 16.3 Å². The fourth-order valence-electron chi connectivity index (χ4n) is 2.28. The van der Waals surface area contributed by atoms with Gasteiger partial charge >= 0.3 is 5.97 Å². The number of esters is 1. The van der Waals surface area contributed by atoms with E-state index in [0.717, 1.165) is 0 Å². The molecule has 8 heteroatoms. The second kappa shape index (κ2) is 8.10. The number of ether oxygens (including phenoxy) is 1. The van der Waals surface area contributed by atoms with E-state index in [0.29, 0.717) is 0 Å². The molecule has 27 heavy (non-hydrogen) atoms. The Kier molecular flexibility index (Phi) is 6.28. The van der Waals surface area contributed by atoms with Gasteiger partial charge in [0, 0.05) is 5.56 Å². The Labute approximate surface area is 163 Å². The first-order valence-corrected chi connectivity index (χ1v) is 9.97. The molecule has 0 radical (unpaired) electrons. The van der Waals surface area contributed by atoms with E-state index in [1.54, 1.807) is 39.0 Å². The number of benzene rings is 2. The Hall–Kier alpha value is -2.38. The number of para-hydroxylation sites is 1. The number of anilines is 1. The topological polar surface area (TPSA) is 89.5 Å². The van der Waals surface area contributed by atoms with E-state index in [-0.39, 0.29) is 21.2 Å². The summed E-state index contributed by atoms with van der Waals surface area (Å²) in [6.45, 7) is 5.05. The number of ketones is 1. The smallest absolute Gasteiger partial charge is 0.314 e. The highest BCUT2D eigenvalue weighted by atomic mass is 35.5. The highest BCUT2D eigenvalue weighted by Crippen LogP contribution is 2.26. The van der Waals surface area contributed by atoms with E-state index in [1.807, 2.05) is 0 Å². The van der Waals surface area contributed by atoms with Crippen molar-refractivity contribution in [1.29, 1.82) is 0 Å². The third kappa shape index (κ3) is 5.80. The summed E-state index contributed by atoms with van der Waals surface area (Å²) in [6.07, 6.45) is -0.560. The second-order valence-electron chi connectivity index (χ2n) is 6.77. The first-order valence-electron chi connectivity index (χ1n) is 8.11. The molecule has 0 unspecified atom stereocenters. The second-order valence-corrected chi connectivity index (χ2v) is 8.83. The van der Waals surface area contributed by atoms with E-state index < -0.39 is 33.8 Å². The molecular formula is C19H20ClNO5S. The fraction of sp³-hybridized carbons (Fsp3) is 0.263. The summed E-state index contributed by atoms with van der Waals surface area (Å²) >= 11 is 6.00. The Bertz CT molecular complexity index is 964. The molecule has 0 heterocycles. The van der Waals surface area contributed by atoms with Gasteiger partial charge in [-0.2, -0.15) is 0 Å². The summed E-state index contributed by atoms with van der Waals surface area (Å²) in [5.74, 6) is -1.37. The van der Waals surface area contributed by atoms with Crippen LogP contribution in [0.15, 0.2) is 53.4 Å². The third-order valence-electron chi connectivity index (χ3n) is 3.32. The lowest BCUT2D eigenvalue weighted by atomic mass is 10.1. The van der Waals surface area contributed by atoms with Gasteiger partial charge in [-0.3, -0.25) is 14.3 Å². The first-order chi connectivity index (χ1) is 12.5. The fourth-order valence-corrected chi connectivity index (χ4v) is 3.82. The van der Waals surface area contributed by atoms with Crippen LogP contribution in [0.3, 0.4) is 0 Å². The Morgan fingerprint density at radius 2 is 1.63 bits per heavy atom. The van der Waals surface area contributed by atoms with Gasteiger partial charge in [-0.15, -0.1) is 0 Å². The molecule has 0 saturated carbocycles. The highest BCUT2D eigenvalue weighted by molar-refractivity contribution is 7.92. The van der Waals surface area contributed by atoms with Crippen LogP contribution in [0.4, 0.5) is 5.69 Å². The van der Waals surface area contributed by atoms with Gasteiger partial charge in [-0.05, 0) is 39.0 Å². The van der Waals surface area contributed by atoms with Gasteiger partial charge in [-0.1, -0.05) is 41.9 Å². The number of Topliss-reactive ketones (excluding diaryl/α,β-unsaturated/α-hetero) is 1. The van der Waals surface area contributed by atoms with Crippen molar-refractivity contribution >= 4 is 39.1 Å². The lowest BCUT2D eigenvalue weighted by Gasteiger charge is -2.19. The van der Waals surface area contributed by atoms with Crippen molar-refractivity contribution in [2.45, 2.75) is 37.7 Å². The number of hydrogen-bond acceptors (Lipinski definition) is 5. The number of nitrogens with one attached hydrogen (secondary N) is 1. The molecule has 0 aromatic heterocycles. The summed E-state index contributed by atoms with van der Waals surface area (Å²) in [5, 5.41) is 0.221. The third-order valence-corrected chi connectivity index (χ3v) is 5.07. The van der Waals surface area contributed by atoms with Gasteiger partial charge in [-0.25, -0.2) is 8.42 Å².